The minimum Gasteiger partial charge on any atom is -0.332 e. The molecule has 9 heteroatoms. The van der Waals surface area contributed by atoms with Crippen LogP contribution in [0.15, 0.2) is 42.5 Å². The molecule has 136 valence electrons. The van der Waals surface area contributed by atoms with E-state index in [9.17, 15) is 18.0 Å². The van der Waals surface area contributed by atoms with E-state index in [4.69, 9.17) is 0 Å². The molecule has 0 radical (unpaired) electrons. The Morgan fingerprint density at radius 3 is 2.42 bits per heavy atom. The van der Waals surface area contributed by atoms with Crippen LogP contribution in [-0.4, -0.2) is 38.2 Å². The number of alkyl halides is 3. The summed E-state index contributed by atoms with van der Waals surface area (Å²) in [6, 6.07) is 11.5. The average molecular weight is 363 g/mol. The van der Waals surface area contributed by atoms with E-state index in [1.54, 1.807) is 13.0 Å². The molecule has 2 N–H and O–H groups in total. The van der Waals surface area contributed by atoms with Gasteiger partial charge < -0.3 is 4.90 Å². The molecule has 1 aromatic carbocycles. The first kappa shape index (κ1) is 17.7. The molecule has 3 aromatic rings. The van der Waals surface area contributed by atoms with Crippen LogP contribution in [0.4, 0.5) is 13.2 Å². The van der Waals surface area contributed by atoms with Gasteiger partial charge in [-0.15, -0.1) is 0 Å². The van der Waals surface area contributed by atoms with Gasteiger partial charge in [-0.25, -0.2) is 0 Å². The lowest BCUT2D eigenvalue weighted by Gasteiger charge is -2.22. The van der Waals surface area contributed by atoms with Crippen LogP contribution >= 0.6 is 0 Å². The van der Waals surface area contributed by atoms with Crippen molar-refractivity contribution in [2.75, 3.05) is 7.05 Å². The summed E-state index contributed by atoms with van der Waals surface area (Å²) in [6.07, 6.45) is -4.58. The molecule has 0 aliphatic heterocycles. The Bertz CT molecular complexity index is 901. The third-order valence-electron chi connectivity index (χ3n) is 4.12. The normalized spacial score (nSPS) is 12.8. The number of halogens is 3. The number of H-pyrrole nitrogens is 2. The van der Waals surface area contributed by atoms with Gasteiger partial charge in [0.05, 0.1) is 17.4 Å². The first-order chi connectivity index (χ1) is 12.3. The summed E-state index contributed by atoms with van der Waals surface area (Å²) in [7, 11) is 1.50. The van der Waals surface area contributed by atoms with E-state index in [0.717, 1.165) is 5.56 Å². The Hall–Kier alpha value is -3.10. The molecule has 1 amide bonds. The van der Waals surface area contributed by atoms with Crippen LogP contribution in [0.25, 0.3) is 11.3 Å². The molecule has 0 aliphatic carbocycles. The molecule has 6 nitrogen and oxygen atoms in total. The van der Waals surface area contributed by atoms with Crippen molar-refractivity contribution in [3.8, 4) is 11.3 Å². The first-order valence-corrected chi connectivity index (χ1v) is 7.78. The number of aromatic amines is 2. The number of carbonyl (C=O) groups is 1. The first-order valence-electron chi connectivity index (χ1n) is 7.78. The molecule has 0 saturated heterocycles. The fraction of sp³-hybridized carbons (Fsp3) is 0.235. The van der Waals surface area contributed by atoms with Crippen molar-refractivity contribution in [1.82, 2.24) is 25.3 Å². The second-order valence-corrected chi connectivity index (χ2v) is 5.83. The molecule has 1 unspecified atom stereocenters. The zero-order valence-corrected chi connectivity index (χ0v) is 14.0. The second kappa shape index (κ2) is 6.66. The van der Waals surface area contributed by atoms with Gasteiger partial charge in [-0.3, -0.25) is 15.0 Å². The highest BCUT2D eigenvalue weighted by Gasteiger charge is 2.34. The van der Waals surface area contributed by atoms with Gasteiger partial charge in [0.2, 0.25) is 0 Å². The topological polar surface area (TPSA) is 77.7 Å². The predicted molar refractivity (Wildman–Crippen MR) is 88.1 cm³/mol. The Morgan fingerprint density at radius 1 is 1.12 bits per heavy atom. The Morgan fingerprint density at radius 2 is 1.81 bits per heavy atom. The maximum absolute atomic E-state index is 12.6. The number of carbonyl (C=O) groups excluding carboxylic acids is 1. The van der Waals surface area contributed by atoms with E-state index < -0.39 is 23.8 Å². The molecular formula is C17H16F3N5O. The van der Waals surface area contributed by atoms with E-state index in [1.165, 1.54) is 11.9 Å². The minimum absolute atomic E-state index is 0.297. The van der Waals surface area contributed by atoms with Gasteiger partial charge >= 0.3 is 6.18 Å². The highest BCUT2D eigenvalue weighted by atomic mass is 19.4. The summed E-state index contributed by atoms with van der Waals surface area (Å²) >= 11 is 0. The molecule has 0 aliphatic rings. The Labute approximate surface area is 147 Å². The fourth-order valence-electron chi connectivity index (χ4n) is 2.45. The van der Waals surface area contributed by atoms with Crippen molar-refractivity contribution >= 4 is 5.91 Å². The molecule has 26 heavy (non-hydrogen) atoms. The molecule has 3 rings (SSSR count). The number of hydrogen-bond donors (Lipinski definition) is 2. The number of rotatable bonds is 4. The molecule has 0 spiro atoms. The smallest absolute Gasteiger partial charge is 0.332 e. The maximum atomic E-state index is 12.6. The summed E-state index contributed by atoms with van der Waals surface area (Å²) < 4.78 is 37.9. The molecule has 0 saturated carbocycles. The Kier molecular flexibility index (Phi) is 4.54. The van der Waals surface area contributed by atoms with Crippen LogP contribution in [0.1, 0.15) is 34.8 Å². The number of amides is 1. The molecule has 2 aromatic heterocycles. The van der Waals surface area contributed by atoms with Crippen molar-refractivity contribution < 1.29 is 18.0 Å². The highest BCUT2D eigenvalue weighted by molar-refractivity contribution is 5.92. The molecule has 1 atom stereocenters. The van der Waals surface area contributed by atoms with Gasteiger partial charge in [0.15, 0.2) is 5.69 Å². The lowest BCUT2D eigenvalue weighted by Crippen LogP contribution is -2.30. The quantitative estimate of drug-likeness (QED) is 0.743. The summed E-state index contributed by atoms with van der Waals surface area (Å²) in [5.74, 6) is -0.625. The fourth-order valence-corrected chi connectivity index (χ4v) is 2.45. The van der Waals surface area contributed by atoms with Gasteiger partial charge in [0.1, 0.15) is 5.69 Å². The largest absolute Gasteiger partial charge is 0.432 e. The number of benzene rings is 1. The monoisotopic (exact) mass is 363 g/mol. The second-order valence-electron chi connectivity index (χ2n) is 5.83. The predicted octanol–water partition coefficient (Wildman–Crippen LogP) is 3.65. The van der Waals surface area contributed by atoms with Crippen LogP contribution in [0.5, 0.6) is 0 Å². The van der Waals surface area contributed by atoms with E-state index >= 15 is 0 Å². The van der Waals surface area contributed by atoms with Crippen molar-refractivity contribution in [1.29, 1.82) is 0 Å². The van der Waals surface area contributed by atoms with E-state index in [2.05, 4.69) is 15.3 Å². The van der Waals surface area contributed by atoms with Crippen molar-refractivity contribution in [2.24, 2.45) is 0 Å². The summed E-state index contributed by atoms with van der Waals surface area (Å²) in [5.41, 5.74) is 0.932. The maximum Gasteiger partial charge on any atom is 0.432 e. The molecule has 2 heterocycles. The molecule has 0 fully saturated rings. The van der Waals surface area contributed by atoms with Crippen LogP contribution in [0.3, 0.4) is 0 Å². The van der Waals surface area contributed by atoms with Gasteiger partial charge in [-0.05, 0) is 13.0 Å². The van der Waals surface area contributed by atoms with Crippen molar-refractivity contribution in [2.45, 2.75) is 19.1 Å². The zero-order valence-electron chi connectivity index (χ0n) is 14.0. The summed E-state index contributed by atoms with van der Waals surface area (Å²) in [4.78, 5) is 13.7. The van der Waals surface area contributed by atoms with Gasteiger partial charge in [-0.2, -0.15) is 23.4 Å². The third kappa shape index (κ3) is 3.46. The SMILES string of the molecule is CC(c1cc(-c2ccccc2)n[nH]1)N(C)C(=O)c1cc(C(F)(F)F)[nH]n1. The zero-order chi connectivity index (χ0) is 18.9. The molecular weight excluding hydrogens is 347 g/mol. The lowest BCUT2D eigenvalue weighted by molar-refractivity contribution is -0.141. The van der Waals surface area contributed by atoms with Gasteiger partial charge in [0, 0.05) is 18.7 Å². The van der Waals surface area contributed by atoms with Gasteiger partial charge in [-0.1, -0.05) is 30.3 Å². The molecule has 0 bridgehead atoms. The number of aromatic nitrogens is 4. The van der Waals surface area contributed by atoms with Gasteiger partial charge in [0.25, 0.3) is 5.91 Å². The number of hydrogen-bond acceptors (Lipinski definition) is 3. The minimum atomic E-state index is -4.58. The lowest BCUT2D eigenvalue weighted by atomic mass is 10.1. The van der Waals surface area contributed by atoms with Crippen molar-refractivity contribution in [3.05, 3.63) is 59.5 Å². The van der Waals surface area contributed by atoms with E-state index in [0.29, 0.717) is 17.5 Å². The average Bonchev–Trinajstić information content (AvgIpc) is 3.29. The van der Waals surface area contributed by atoms with Crippen LogP contribution in [0.2, 0.25) is 0 Å². The Balaban J connectivity index is 1.77. The standard InChI is InChI=1S/C17H16F3N5O/c1-10(12-8-13(22-21-12)11-6-4-3-5-7-11)25(2)16(26)14-9-15(24-23-14)17(18,19)20/h3-10H,1-2H3,(H,21,22)(H,23,24). The van der Waals surface area contributed by atoms with Crippen molar-refractivity contribution in [3.63, 3.8) is 0 Å². The highest BCUT2D eigenvalue weighted by Crippen LogP contribution is 2.29. The van der Waals surface area contributed by atoms with Crippen LogP contribution < -0.4 is 0 Å². The summed E-state index contributed by atoms with van der Waals surface area (Å²) in [5, 5.41) is 12.4. The van der Waals surface area contributed by atoms with Crippen LogP contribution in [-0.2, 0) is 6.18 Å². The number of nitrogens with zero attached hydrogens (tertiary/aromatic N) is 3. The van der Waals surface area contributed by atoms with E-state index in [1.807, 2.05) is 35.4 Å². The summed E-state index contributed by atoms with van der Waals surface area (Å²) in [6.45, 7) is 1.75. The van der Waals surface area contributed by atoms with Crippen LogP contribution in [0, 0.1) is 0 Å². The third-order valence-corrected chi connectivity index (χ3v) is 4.12. The number of nitrogens with one attached hydrogen (secondary N) is 2. The van der Waals surface area contributed by atoms with E-state index in [-0.39, 0.29) is 5.69 Å².